The highest BCUT2D eigenvalue weighted by atomic mass is 32.2. The number of thioether (sulfide) groups is 1. The van der Waals surface area contributed by atoms with Crippen molar-refractivity contribution in [3.63, 3.8) is 0 Å². The number of nitrogens with one attached hydrogen (secondary N) is 1. The number of carbonyl (C=O) groups excluding carboxylic acids is 1. The Morgan fingerprint density at radius 2 is 2.00 bits per heavy atom. The van der Waals surface area contributed by atoms with Gasteiger partial charge in [0.1, 0.15) is 5.69 Å². The maximum atomic E-state index is 12.6. The van der Waals surface area contributed by atoms with Gasteiger partial charge in [0.2, 0.25) is 5.91 Å². The van der Waals surface area contributed by atoms with Crippen molar-refractivity contribution in [1.82, 2.24) is 14.8 Å². The number of benzene rings is 1. The molecule has 0 aliphatic heterocycles. The van der Waals surface area contributed by atoms with Gasteiger partial charge in [0.15, 0.2) is 16.7 Å². The van der Waals surface area contributed by atoms with Crippen LogP contribution in [-0.4, -0.2) is 30.8 Å². The van der Waals surface area contributed by atoms with Gasteiger partial charge in [0.05, 0.1) is 16.4 Å². The molecule has 29 heavy (non-hydrogen) atoms. The Kier molecular flexibility index (Phi) is 6.32. The summed E-state index contributed by atoms with van der Waals surface area (Å²) in [6.45, 7) is 6.52. The van der Waals surface area contributed by atoms with Crippen LogP contribution in [0.25, 0.3) is 11.6 Å². The highest BCUT2D eigenvalue weighted by Crippen LogP contribution is 2.29. The summed E-state index contributed by atoms with van der Waals surface area (Å²) < 4.78 is 7.37. The summed E-state index contributed by atoms with van der Waals surface area (Å²) in [5.74, 6) is 1.16. The molecule has 3 aromatic rings. The van der Waals surface area contributed by atoms with E-state index in [9.17, 15) is 14.9 Å². The molecule has 1 unspecified atom stereocenters. The molecule has 3 rings (SSSR count). The normalized spacial score (nSPS) is 12.1. The molecule has 1 N–H and O–H groups in total. The number of amides is 1. The van der Waals surface area contributed by atoms with Gasteiger partial charge in [-0.25, -0.2) is 0 Å². The molecule has 0 bridgehead atoms. The predicted octanol–water partition coefficient (Wildman–Crippen LogP) is 4.22. The summed E-state index contributed by atoms with van der Waals surface area (Å²) in [5, 5.41) is 22.3. The first-order valence-corrected chi connectivity index (χ1v) is 9.92. The number of nitro benzene ring substituents is 1. The maximum absolute atomic E-state index is 12.6. The van der Waals surface area contributed by atoms with Gasteiger partial charge < -0.3 is 9.73 Å². The molecule has 2 aromatic heterocycles. The number of nitrogens with zero attached hydrogens (tertiary/aromatic N) is 4. The van der Waals surface area contributed by atoms with E-state index < -0.39 is 10.2 Å². The number of nitro groups is 1. The van der Waals surface area contributed by atoms with Crippen LogP contribution in [0.5, 0.6) is 0 Å². The molecule has 0 aliphatic carbocycles. The quantitative estimate of drug-likeness (QED) is 0.332. The van der Waals surface area contributed by atoms with Crippen LogP contribution in [0.4, 0.5) is 11.4 Å². The second-order valence-electron chi connectivity index (χ2n) is 6.81. The van der Waals surface area contributed by atoms with Crippen molar-refractivity contribution in [2.45, 2.75) is 37.7 Å². The molecule has 0 radical (unpaired) electrons. The Morgan fingerprint density at radius 1 is 1.24 bits per heavy atom. The Morgan fingerprint density at radius 3 is 2.66 bits per heavy atom. The van der Waals surface area contributed by atoms with E-state index in [0.29, 0.717) is 29.2 Å². The molecule has 9 nitrogen and oxygen atoms in total. The van der Waals surface area contributed by atoms with E-state index in [4.69, 9.17) is 4.42 Å². The fourth-order valence-electron chi connectivity index (χ4n) is 2.68. The number of anilines is 1. The zero-order valence-electron chi connectivity index (χ0n) is 16.2. The van der Waals surface area contributed by atoms with Crippen LogP contribution in [-0.2, 0) is 11.3 Å². The Hall–Kier alpha value is -3.14. The van der Waals surface area contributed by atoms with Gasteiger partial charge in [-0.05, 0) is 31.0 Å². The van der Waals surface area contributed by atoms with E-state index in [2.05, 4.69) is 29.4 Å². The maximum Gasteiger partial charge on any atom is 0.292 e. The molecule has 1 atom stereocenters. The molecule has 0 fully saturated rings. The number of furan rings is 1. The molecule has 0 saturated heterocycles. The number of hydrogen-bond donors (Lipinski definition) is 1. The molecular weight excluding hydrogens is 394 g/mol. The predicted molar refractivity (Wildman–Crippen MR) is 110 cm³/mol. The lowest BCUT2D eigenvalue weighted by Crippen LogP contribution is -2.23. The van der Waals surface area contributed by atoms with E-state index >= 15 is 0 Å². The Labute approximate surface area is 171 Å². The first-order valence-electron chi connectivity index (χ1n) is 9.04. The zero-order valence-corrected chi connectivity index (χ0v) is 17.0. The average Bonchev–Trinajstić information content (AvgIpc) is 3.32. The van der Waals surface area contributed by atoms with E-state index in [1.54, 1.807) is 37.5 Å². The smallest absolute Gasteiger partial charge is 0.292 e. The van der Waals surface area contributed by atoms with E-state index in [1.807, 2.05) is 4.57 Å². The van der Waals surface area contributed by atoms with Crippen LogP contribution >= 0.6 is 11.8 Å². The molecule has 0 aliphatic rings. The third kappa shape index (κ3) is 4.83. The third-order valence-electron chi connectivity index (χ3n) is 4.02. The lowest BCUT2D eigenvalue weighted by molar-refractivity contribution is -0.383. The SMILES string of the molecule is CC(C)Cn1c(SC(C)C(=O)Nc2ccccc2[N+](=O)[O-])nnc1-c1ccco1. The second-order valence-corrected chi connectivity index (χ2v) is 8.12. The second kappa shape index (κ2) is 8.91. The molecule has 1 aromatic carbocycles. The molecule has 0 spiro atoms. The highest BCUT2D eigenvalue weighted by Gasteiger charge is 2.24. The average molecular weight is 415 g/mol. The van der Waals surface area contributed by atoms with Gasteiger partial charge in [-0.1, -0.05) is 37.7 Å². The van der Waals surface area contributed by atoms with Crippen molar-refractivity contribution in [1.29, 1.82) is 0 Å². The lowest BCUT2D eigenvalue weighted by Gasteiger charge is -2.14. The topological polar surface area (TPSA) is 116 Å². The zero-order chi connectivity index (χ0) is 21.0. The van der Waals surface area contributed by atoms with Gasteiger partial charge in [-0.2, -0.15) is 0 Å². The summed E-state index contributed by atoms with van der Waals surface area (Å²) in [7, 11) is 0. The minimum absolute atomic E-state index is 0.152. The van der Waals surface area contributed by atoms with Crippen molar-refractivity contribution < 1.29 is 14.1 Å². The van der Waals surface area contributed by atoms with Crippen LogP contribution < -0.4 is 5.32 Å². The van der Waals surface area contributed by atoms with Crippen LogP contribution in [0.3, 0.4) is 0 Å². The fourth-order valence-corrected chi connectivity index (χ4v) is 3.54. The molecule has 1 amide bonds. The van der Waals surface area contributed by atoms with Gasteiger partial charge in [-0.15, -0.1) is 10.2 Å². The first-order chi connectivity index (χ1) is 13.9. The highest BCUT2D eigenvalue weighted by molar-refractivity contribution is 8.00. The fraction of sp³-hybridized carbons (Fsp3) is 0.316. The van der Waals surface area contributed by atoms with Gasteiger partial charge >= 0.3 is 0 Å². The van der Waals surface area contributed by atoms with Crippen molar-refractivity contribution in [3.8, 4) is 11.6 Å². The lowest BCUT2D eigenvalue weighted by atomic mass is 10.2. The van der Waals surface area contributed by atoms with Gasteiger partial charge in [0.25, 0.3) is 5.69 Å². The minimum Gasteiger partial charge on any atom is -0.461 e. The number of hydrogen-bond acceptors (Lipinski definition) is 7. The molecule has 10 heteroatoms. The number of aromatic nitrogens is 3. The number of carbonyl (C=O) groups is 1. The summed E-state index contributed by atoms with van der Waals surface area (Å²) >= 11 is 1.24. The molecular formula is C19H21N5O4S. The largest absolute Gasteiger partial charge is 0.461 e. The molecule has 2 heterocycles. The Balaban J connectivity index is 1.79. The first kappa shape index (κ1) is 20.6. The minimum atomic E-state index is -0.547. The standard InChI is InChI=1S/C19H21N5O4S/c1-12(2)11-23-17(16-9-6-10-28-16)21-22-19(23)29-13(3)18(25)20-14-7-4-5-8-15(14)24(26)27/h4-10,12-13H,11H2,1-3H3,(H,20,25). The molecule has 152 valence electrons. The van der Waals surface area contributed by atoms with E-state index in [-0.39, 0.29) is 17.3 Å². The summed E-state index contributed by atoms with van der Waals surface area (Å²) in [5.41, 5.74) is 0.0102. The number of para-hydroxylation sites is 2. The van der Waals surface area contributed by atoms with Crippen LogP contribution in [0, 0.1) is 16.0 Å². The van der Waals surface area contributed by atoms with Crippen LogP contribution in [0.1, 0.15) is 20.8 Å². The summed E-state index contributed by atoms with van der Waals surface area (Å²) in [6, 6.07) is 9.62. The Bertz CT molecular complexity index is 1000. The molecule has 0 saturated carbocycles. The van der Waals surface area contributed by atoms with Gasteiger partial charge in [0, 0.05) is 12.6 Å². The van der Waals surface area contributed by atoms with E-state index in [1.165, 1.54) is 23.9 Å². The van der Waals surface area contributed by atoms with Crippen LogP contribution in [0.2, 0.25) is 0 Å². The summed E-state index contributed by atoms with van der Waals surface area (Å²) in [4.78, 5) is 23.2. The number of rotatable bonds is 8. The van der Waals surface area contributed by atoms with Crippen molar-refractivity contribution >= 4 is 29.0 Å². The van der Waals surface area contributed by atoms with Crippen LogP contribution in [0.15, 0.2) is 52.2 Å². The van der Waals surface area contributed by atoms with Crippen molar-refractivity contribution in [2.75, 3.05) is 5.32 Å². The van der Waals surface area contributed by atoms with E-state index in [0.717, 1.165) is 0 Å². The van der Waals surface area contributed by atoms with Crippen molar-refractivity contribution in [3.05, 3.63) is 52.8 Å². The van der Waals surface area contributed by atoms with Crippen molar-refractivity contribution in [2.24, 2.45) is 5.92 Å². The summed E-state index contributed by atoms with van der Waals surface area (Å²) in [6.07, 6.45) is 1.57. The third-order valence-corrected chi connectivity index (χ3v) is 5.10. The van der Waals surface area contributed by atoms with Gasteiger partial charge in [-0.3, -0.25) is 19.5 Å². The monoisotopic (exact) mass is 415 g/mol.